The van der Waals surface area contributed by atoms with Gasteiger partial charge in [-0.25, -0.2) is 4.48 Å². The monoisotopic (exact) mass is 386 g/mol. The molecule has 1 unspecified atom stereocenters. The first-order chi connectivity index (χ1) is 13.5. The van der Waals surface area contributed by atoms with Gasteiger partial charge in [0.25, 0.3) is 5.84 Å². The van der Waals surface area contributed by atoms with Crippen LogP contribution in [0.25, 0.3) is 5.70 Å². The molecule has 0 fully saturated rings. The lowest BCUT2D eigenvalue weighted by Gasteiger charge is -2.42. The fourth-order valence-electron chi connectivity index (χ4n) is 3.80. The van der Waals surface area contributed by atoms with Crippen molar-refractivity contribution in [3.05, 3.63) is 76.4 Å². The van der Waals surface area contributed by atoms with Gasteiger partial charge in [-0.2, -0.15) is 4.99 Å². The average molecular weight is 387 g/mol. The zero-order valence-electron chi connectivity index (χ0n) is 16.5. The van der Waals surface area contributed by atoms with Crippen LogP contribution in [0.5, 0.6) is 0 Å². The standard InChI is InChI=1S/C24H24N3S/c1-4-12-24(2,3)27-14-13-25-16-23(27)26-21(17-27)22-15-20(18-28-22)11-10-19-8-6-5-7-9-19/h5-9,13-18H,4,12H2,1-3H3/q+1. The van der Waals surface area contributed by atoms with Crippen molar-refractivity contribution in [2.24, 2.45) is 9.98 Å². The maximum Gasteiger partial charge on any atom is 0.256 e. The number of amidine groups is 1. The minimum absolute atomic E-state index is 0.0193. The highest BCUT2D eigenvalue weighted by molar-refractivity contribution is 7.11. The van der Waals surface area contributed by atoms with Crippen LogP contribution in [-0.4, -0.2) is 22.1 Å². The molecule has 1 atom stereocenters. The number of fused-ring (bicyclic) bond motifs is 1. The average Bonchev–Trinajstić information content (AvgIpc) is 3.32. The Morgan fingerprint density at radius 3 is 2.68 bits per heavy atom. The molecule has 3 nitrogen and oxygen atoms in total. The van der Waals surface area contributed by atoms with E-state index in [-0.39, 0.29) is 5.54 Å². The maximum absolute atomic E-state index is 4.94. The molecule has 0 spiro atoms. The summed E-state index contributed by atoms with van der Waals surface area (Å²) in [4.78, 5) is 10.4. The zero-order valence-corrected chi connectivity index (χ0v) is 17.3. The van der Waals surface area contributed by atoms with Gasteiger partial charge in [0.15, 0.2) is 0 Å². The van der Waals surface area contributed by atoms with Crippen molar-refractivity contribution in [3.63, 3.8) is 0 Å². The molecule has 3 heterocycles. The Kier molecular flexibility index (Phi) is 4.89. The molecular formula is C24H24N3S+. The topological polar surface area (TPSA) is 24.7 Å². The van der Waals surface area contributed by atoms with Crippen LogP contribution in [0.4, 0.5) is 0 Å². The van der Waals surface area contributed by atoms with Crippen molar-refractivity contribution in [2.75, 3.05) is 0 Å². The molecule has 0 amide bonds. The summed E-state index contributed by atoms with van der Waals surface area (Å²) >= 11 is 1.69. The first kappa shape index (κ1) is 18.6. The Bertz CT molecular complexity index is 1060. The van der Waals surface area contributed by atoms with Crippen molar-refractivity contribution < 1.29 is 4.48 Å². The smallest absolute Gasteiger partial charge is 0.251 e. The fourth-order valence-corrected chi connectivity index (χ4v) is 4.59. The van der Waals surface area contributed by atoms with Gasteiger partial charge >= 0.3 is 0 Å². The fraction of sp³-hybridized carbons (Fsp3) is 0.250. The van der Waals surface area contributed by atoms with E-state index in [9.17, 15) is 0 Å². The van der Waals surface area contributed by atoms with Crippen LogP contribution in [0.15, 0.2) is 70.4 Å². The first-order valence-electron chi connectivity index (χ1n) is 9.62. The molecule has 0 saturated carbocycles. The molecule has 0 saturated heterocycles. The number of hydrogen-bond acceptors (Lipinski definition) is 3. The minimum atomic E-state index is 0.0193. The summed E-state index contributed by atoms with van der Waals surface area (Å²) in [6.07, 6.45) is 10.4. The lowest BCUT2D eigenvalue weighted by Crippen LogP contribution is -2.57. The van der Waals surface area contributed by atoms with Crippen molar-refractivity contribution >= 4 is 29.1 Å². The maximum atomic E-state index is 4.94. The van der Waals surface area contributed by atoms with Gasteiger partial charge in [-0.1, -0.05) is 43.4 Å². The van der Waals surface area contributed by atoms with Crippen molar-refractivity contribution in [2.45, 2.75) is 39.2 Å². The molecule has 0 radical (unpaired) electrons. The third-order valence-corrected chi connectivity index (χ3v) is 6.31. The molecule has 1 aromatic carbocycles. The molecule has 140 valence electrons. The van der Waals surface area contributed by atoms with Crippen LogP contribution in [0.1, 0.15) is 49.6 Å². The van der Waals surface area contributed by atoms with Gasteiger partial charge in [-0.3, -0.25) is 4.99 Å². The number of rotatable bonds is 4. The van der Waals surface area contributed by atoms with E-state index in [1.807, 2.05) is 42.7 Å². The molecule has 0 N–H and O–H groups in total. The van der Waals surface area contributed by atoms with E-state index >= 15 is 0 Å². The number of thiophene rings is 1. The highest BCUT2D eigenvalue weighted by Gasteiger charge is 2.49. The largest absolute Gasteiger partial charge is 0.256 e. The van der Waals surface area contributed by atoms with Gasteiger partial charge < -0.3 is 0 Å². The van der Waals surface area contributed by atoms with Crippen LogP contribution in [-0.2, 0) is 0 Å². The van der Waals surface area contributed by atoms with Crippen molar-refractivity contribution in [1.29, 1.82) is 0 Å². The van der Waals surface area contributed by atoms with Crippen molar-refractivity contribution in [1.82, 2.24) is 0 Å². The molecule has 0 bridgehead atoms. The quantitative estimate of drug-likeness (QED) is 0.468. The second-order valence-electron chi connectivity index (χ2n) is 7.72. The number of benzene rings is 1. The lowest BCUT2D eigenvalue weighted by atomic mass is 9.93. The Morgan fingerprint density at radius 1 is 1.11 bits per heavy atom. The first-order valence-corrected chi connectivity index (χ1v) is 10.5. The molecule has 2 aliphatic heterocycles. The van der Waals surface area contributed by atoms with Gasteiger partial charge in [-0.15, -0.1) is 11.3 Å². The summed E-state index contributed by atoms with van der Waals surface area (Å²) in [6.45, 7) is 6.84. The van der Waals surface area contributed by atoms with Crippen LogP contribution in [0.3, 0.4) is 0 Å². The predicted molar refractivity (Wildman–Crippen MR) is 119 cm³/mol. The van der Waals surface area contributed by atoms with Crippen LogP contribution < -0.4 is 0 Å². The number of hydrogen-bond donors (Lipinski definition) is 0. The van der Waals surface area contributed by atoms with Crippen molar-refractivity contribution in [3.8, 4) is 11.8 Å². The van der Waals surface area contributed by atoms with E-state index in [1.165, 1.54) is 0 Å². The summed E-state index contributed by atoms with van der Waals surface area (Å²) in [7, 11) is 0. The second-order valence-corrected chi connectivity index (χ2v) is 8.63. The third kappa shape index (κ3) is 3.28. The van der Waals surface area contributed by atoms with Gasteiger partial charge in [0.05, 0.1) is 11.1 Å². The molecule has 2 aromatic rings. The zero-order chi connectivity index (χ0) is 19.6. The van der Waals surface area contributed by atoms with Crippen LogP contribution in [0.2, 0.25) is 0 Å². The molecule has 0 aliphatic carbocycles. The van der Waals surface area contributed by atoms with E-state index in [0.717, 1.165) is 40.4 Å². The Balaban J connectivity index is 1.67. The van der Waals surface area contributed by atoms with E-state index in [0.29, 0.717) is 4.48 Å². The SMILES string of the molecule is CCCC(C)(C)[N+]12C=CN=CC1=NC(c1cc(C#Cc3ccccc3)cs1)=C2. The van der Waals surface area contributed by atoms with E-state index in [2.05, 4.69) is 61.5 Å². The summed E-state index contributed by atoms with van der Waals surface area (Å²) in [5.74, 6) is 7.48. The minimum Gasteiger partial charge on any atom is -0.251 e. The summed E-state index contributed by atoms with van der Waals surface area (Å²) in [6, 6.07) is 12.2. The molecule has 1 aromatic heterocycles. The number of aliphatic imine (C=N–C) groups is 2. The third-order valence-electron chi connectivity index (χ3n) is 5.36. The number of quaternary nitrogens is 1. The van der Waals surface area contributed by atoms with Gasteiger partial charge in [-0.05, 0) is 32.0 Å². The van der Waals surface area contributed by atoms with E-state index in [1.54, 1.807) is 11.3 Å². The van der Waals surface area contributed by atoms with E-state index in [4.69, 9.17) is 4.99 Å². The molecule has 4 rings (SSSR count). The number of nitrogens with zero attached hydrogens (tertiary/aromatic N) is 3. The Labute approximate surface area is 171 Å². The molecule has 28 heavy (non-hydrogen) atoms. The lowest BCUT2D eigenvalue weighted by molar-refractivity contribution is -0.787. The van der Waals surface area contributed by atoms with Gasteiger partial charge in [0, 0.05) is 22.9 Å². The van der Waals surface area contributed by atoms with Crippen LogP contribution in [0, 0.1) is 11.8 Å². The molecular weight excluding hydrogens is 362 g/mol. The Hall–Kier alpha value is -2.74. The summed E-state index contributed by atoms with van der Waals surface area (Å²) < 4.78 is 0.628. The van der Waals surface area contributed by atoms with E-state index < -0.39 is 0 Å². The summed E-state index contributed by atoms with van der Waals surface area (Å²) in [5, 5.41) is 2.11. The Morgan fingerprint density at radius 2 is 1.89 bits per heavy atom. The molecule has 2 aliphatic rings. The summed E-state index contributed by atoms with van der Waals surface area (Å²) in [5.41, 5.74) is 3.08. The predicted octanol–water partition coefficient (Wildman–Crippen LogP) is 5.81. The molecule has 4 heteroatoms. The highest BCUT2D eigenvalue weighted by atomic mass is 32.1. The second kappa shape index (κ2) is 7.35. The highest BCUT2D eigenvalue weighted by Crippen LogP contribution is 2.41. The normalized spacial score (nSPS) is 20.2. The van der Waals surface area contributed by atoms with Crippen LogP contribution >= 0.6 is 11.3 Å². The van der Waals surface area contributed by atoms with Gasteiger partial charge in [0.1, 0.15) is 29.9 Å². The van der Waals surface area contributed by atoms with Gasteiger partial charge in [0.2, 0.25) is 0 Å².